The molecule has 0 aliphatic heterocycles. The highest BCUT2D eigenvalue weighted by Gasteiger charge is 1.98. The molecule has 14 heavy (non-hydrogen) atoms. The van der Waals surface area contributed by atoms with Crippen LogP contribution in [0.15, 0.2) is 23.3 Å². The molecule has 0 aliphatic carbocycles. The van der Waals surface area contributed by atoms with E-state index < -0.39 is 6.09 Å². The number of ether oxygens (including phenoxy) is 1. The van der Waals surface area contributed by atoms with Gasteiger partial charge in [0.1, 0.15) is 0 Å². The molecule has 1 aromatic rings. The van der Waals surface area contributed by atoms with Gasteiger partial charge in [0, 0.05) is 6.20 Å². The van der Waals surface area contributed by atoms with Crippen molar-refractivity contribution in [1.82, 2.24) is 4.73 Å². The van der Waals surface area contributed by atoms with Crippen LogP contribution in [0, 0.1) is 6.92 Å². The highest BCUT2D eigenvalue weighted by atomic mass is 16.5. The SMILES string of the molecule is CCOC(=O)N=c1cc(C)ccn1O. The summed E-state index contributed by atoms with van der Waals surface area (Å²) in [6.07, 6.45) is 0.703. The number of carbonyl (C=O) groups excluding carboxylic acids is 1. The number of aryl methyl sites for hydroxylation is 1. The van der Waals surface area contributed by atoms with Gasteiger partial charge >= 0.3 is 6.09 Å². The second-order valence-corrected chi connectivity index (χ2v) is 2.72. The molecule has 76 valence electrons. The van der Waals surface area contributed by atoms with Gasteiger partial charge in [-0.05, 0) is 31.5 Å². The van der Waals surface area contributed by atoms with Crippen LogP contribution in [0.1, 0.15) is 12.5 Å². The number of nitrogens with zero attached hydrogens (tertiary/aromatic N) is 2. The van der Waals surface area contributed by atoms with E-state index in [-0.39, 0.29) is 12.1 Å². The zero-order valence-corrected chi connectivity index (χ0v) is 8.10. The lowest BCUT2D eigenvalue weighted by Crippen LogP contribution is -2.20. The first-order chi connectivity index (χ1) is 6.63. The Labute approximate surface area is 81.2 Å². The Bertz CT molecular complexity index is 395. The lowest BCUT2D eigenvalue weighted by Gasteiger charge is -1.99. The molecule has 5 nitrogen and oxygen atoms in total. The molecule has 1 rings (SSSR count). The van der Waals surface area contributed by atoms with E-state index in [9.17, 15) is 10.0 Å². The second kappa shape index (κ2) is 4.45. The van der Waals surface area contributed by atoms with Crippen molar-refractivity contribution in [3.8, 4) is 0 Å². The Hall–Kier alpha value is -1.78. The van der Waals surface area contributed by atoms with Crippen LogP contribution in [-0.2, 0) is 4.74 Å². The highest BCUT2D eigenvalue weighted by molar-refractivity contribution is 5.68. The van der Waals surface area contributed by atoms with Crippen LogP contribution < -0.4 is 5.49 Å². The van der Waals surface area contributed by atoms with Crippen LogP contribution in [0.4, 0.5) is 4.79 Å². The number of hydrogen-bond donors (Lipinski definition) is 1. The maximum Gasteiger partial charge on any atom is 0.435 e. The van der Waals surface area contributed by atoms with E-state index in [1.54, 1.807) is 19.1 Å². The molecule has 5 heteroatoms. The number of hydrogen-bond acceptors (Lipinski definition) is 3. The van der Waals surface area contributed by atoms with Crippen LogP contribution in [0.5, 0.6) is 0 Å². The fourth-order valence-electron chi connectivity index (χ4n) is 0.915. The summed E-state index contributed by atoms with van der Waals surface area (Å²) in [6.45, 7) is 3.79. The molecule has 0 fully saturated rings. The first-order valence-electron chi connectivity index (χ1n) is 4.23. The Morgan fingerprint density at radius 3 is 3.07 bits per heavy atom. The van der Waals surface area contributed by atoms with Gasteiger partial charge in [-0.2, -0.15) is 9.72 Å². The fraction of sp³-hybridized carbons (Fsp3) is 0.333. The zero-order valence-electron chi connectivity index (χ0n) is 8.10. The fourth-order valence-corrected chi connectivity index (χ4v) is 0.915. The Kier molecular flexibility index (Phi) is 3.28. The lowest BCUT2D eigenvalue weighted by molar-refractivity contribution is 0.153. The number of carbonyl (C=O) groups is 1. The molecule has 0 unspecified atom stereocenters. The zero-order chi connectivity index (χ0) is 10.6. The van der Waals surface area contributed by atoms with Gasteiger partial charge in [-0.25, -0.2) is 4.79 Å². The molecular formula is C9H12N2O3. The number of aromatic nitrogens is 1. The van der Waals surface area contributed by atoms with Gasteiger partial charge in [0.2, 0.25) is 0 Å². The Morgan fingerprint density at radius 2 is 2.43 bits per heavy atom. The maximum atomic E-state index is 11.0. The van der Waals surface area contributed by atoms with Crippen LogP contribution in [0.3, 0.4) is 0 Å². The van der Waals surface area contributed by atoms with E-state index >= 15 is 0 Å². The van der Waals surface area contributed by atoms with Gasteiger partial charge in [-0.3, -0.25) is 0 Å². The molecule has 1 heterocycles. The first-order valence-corrected chi connectivity index (χ1v) is 4.23. The molecule has 0 aromatic carbocycles. The molecule has 0 saturated heterocycles. The van der Waals surface area contributed by atoms with Gasteiger partial charge in [-0.1, -0.05) is 0 Å². The molecule has 1 N–H and O–H groups in total. The van der Waals surface area contributed by atoms with Crippen molar-refractivity contribution in [3.05, 3.63) is 29.4 Å². The normalized spacial score (nSPS) is 11.4. The third-order valence-corrected chi connectivity index (χ3v) is 1.54. The van der Waals surface area contributed by atoms with Crippen LogP contribution in [0.2, 0.25) is 0 Å². The summed E-state index contributed by atoms with van der Waals surface area (Å²) in [7, 11) is 0. The summed E-state index contributed by atoms with van der Waals surface area (Å²) >= 11 is 0. The van der Waals surface area contributed by atoms with Crippen molar-refractivity contribution in [2.45, 2.75) is 13.8 Å². The largest absolute Gasteiger partial charge is 0.448 e. The maximum absolute atomic E-state index is 11.0. The number of pyridine rings is 1. The Morgan fingerprint density at radius 1 is 1.71 bits per heavy atom. The summed E-state index contributed by atoms with van der Waals surface area (Å²) in [5, 5.41) is 9.27. The minimum atomic E-state index is -0.707. The van der Waals surface area contributed by atoms with Gasteiger partial charge < -0.3 is 9.94 Å². The van der Waals surface area contributed by atoms with E-state index in [0.29, 0.717) is 0 Å². The van der Waals surface area contributed by atoms with Gasteiger partial charge in [0.05, 0.1) is 6.61 Å². The van der Waals surface area contributed by atoms with E-state index in [1.807, 2.05) is 6.92 Å². The van der Waals surface area contributed by atoms with Crippen LogP contribution >= 0.6 is 0 Å². The van der Waals surface area contributed by atoms with E-state index in [2.05, 4.69) is 9.73 Å². The average molecular weight is 196 g/mol. The summed E-state index contributed by atoms with van der Waals surface area (Å²) in [4.78, 5) is 14.5. The smallest absolute Gasteiger partial charge is 0.435 e. The number of rotatable bonds is 1. The first kappa shape index (κ1) is 10.3. The third kappa shape index (κ3) is 2.62. The second-order valence-electron chi connectivity index (χ2n) is 2.72. The van der Waals surface area contributed by atoms with Crippen LogP contribution in [0.25, 0.3) is 0 Å². The van der Waals surface area contributed by atoms with Crippen molar-refractivity contribution in [3.63, 3.8) is 0 Å². The molecular weight excluding hydrogens is 184 g/mol. The minimum Gasteiger partial charge on any atom is -0.448 e. The van der Waals surface area contributed by atoms with Crippen LogP contribution in [-0.4, -0.2) is 22.6 Å². The van der Waals surface area contributed by atoms with Crippen molar-refractivity contribution < 1.29 is 14.7 Å². The topological polar surface area (TPSA) is 63.8 Å². The standard InChI is InChI=1S/C9H12N2O3/c1-3-14-9(12)10-8-6-7(2)4-5-11(8)13/h4-6,13H,3H2,1-2H3. The van der Waals surface area contributed by atoms with Crippen molar-refractivity contribution >= 4 is 6.09 Å². The minimum absolute atomic E-state index is 0.156. The van der Waals surface area contributed by atoms with Crippen molar-refractivity contribution in [2.75, 3.05) is 6.61 Å². The third-order valence-electron chi connectivity index (χ3n) is 1.54. The summed E-state index contributed by atoms with van der Waals surface area (Å²) in [5.41, 5.74) is 1.06. The predicted molar refractivity (Wildman–Crippen MR) is 48.9 cm³/mol. The summed E-state index contributed by atoms with van der Waals surface area (Å²) in [5.74, 6) is 0. The molecule has 1 aromatic heterocycles. The van der Waals surface area contributed by atoms with E-state index in [1.165, 1.54) is 6.20 Å². The molecule has 0 spiro atoms. The predicted octanol–water partition coefficient (Wildman–Crippen LogP) is 1.09. The summed E-state index contributed by atoms with van der Waals surface area (Å²) < 4.78 is 5.38. The van der Waals surface area contributed by atoms with Crippen molar-refractivity contribution in [2.24, 2.45) is 4.99 Å². The molecule has 0 saturated carbocycles. The molecule has 0 aliphatic rings. The highest BCUT2D eigenvalue weighted by Crippen LogP contribution is 1.89. The van der Waals surface area contributed by atoms with Gasteiger partial charge in [0.25, 0.3) is 0 Å². The molecule has 0 radical (unpaired) electrons. The monoisotopic (exact) mass is 196 g/mol. The average Bonchev–Trinajstić information content (AvgIpc) is 2.12. The van der Waals surface area contributed by atoms with Gasteiger partial charge in [-0.15, -0.1) is 0 Å². The van der Waals surface area contributed by atoms with Gasteiger partial charge in [0.15, 0.2) is 5.49 Å². The Balaban J connectivity index is 3.05. The lowest BCUT2D eigenvalue weighted by atomic mass is 10.3. The summed E-state index contributed by atoms with van der Waals surface area (Å²) in [6, 6.07) is 3.28. The number of amides is 1. The van der Waals surface area contributed by atoms with E-state index in [4.69, 9.17) is 0 Å². The molecule has 1 amide bonds. The quantitative estimate of drug-likeness (QED) is 0.684. The van der Waals surface area contributed by atoms with Crippen molar-refractivity contribution in [1.29, 1.82) is 0 Å². The molecule has 0 atom stereocenters. The van der Waals surface area contributed by atoms with E-state index in [0.717, 1.165) is 10.3 Å². The molecule has 0 bridgehead atoms.